The highest BCUT2D eigenvalue weighted by molar-refractivity contribution is 6.30. The van der Waals surface area contributed by atoms with Crippen molar-refractivity contribution in [2.24, 2.45) is 0 Å². The van der Waals surface area contributed by atoms with Crippen LogP contribution in [0.5, 0.6) is 11.6 Å². The molecule has 1 fully saturated rings. The van der Waals surface area contributed by atoms with Gasteiger partial charge < -0.3 is 15.4 Å². The third kappa shape index (κ3) is 4.40. The number of piperidine rings is 1. The number of halogens is 2. The van der Waals surface area contributed by atoms with Gasteiger partial charge in [0.05, 0.1) is 17.0 Å². The van der Waals surface area contributed by atoms with Crippen LogP contribution >= 0.6 is 11.6 Å². The van der Waals surface area contributed by atoms with Gasteiger partial charge in [0.25, 0.3) is 0 Å². The lowest BCUT2D eigenvalue weighted by molar-refractivity contribution is -0.127. The van der Waals surface area contributed by atoms with Crippen molar-refractivity contribution in [1.29, 1.82) is 0 Å². The highest BCUT2D eigenvalue weighted by Gasteiger charge is 2.28. The van der Waals surface area contributed by atoms with E-state index in [-0.39, 0.29) is 34.9 Å². The lowest BCUT2D eigenvalue weighted by Crippen LogP contribution is -2.40. The van der Waals surface area contributed by atoms with Crippen molar-refractivity contribution in [3.63, 3.8) is 0 Å². The Labute approximate surface area is 205 Å². The average Bonchev–Trinajstić information content (AvgIpc) is 3.26. The lowest BCUT2D eigenvalue weighted by Gasteiger charge is -2.32. The van der Waals surface area contributed by atoms with Gasteiger partial charge in [-0.1, -0.05) is 18.2 Å². The first-order valence-corrected chi connectivity index (χ1v) is 11.3. The van der Waals surface area contributed by atoms with Crippen LogP contribution in [0.15, 0.2) is 55.4 Å². The molecule has 0 saturated carbocycles. The van der Waals surface area contributed by atoms with Crippen molar-refractivity contribution in [2.75, 3.05) is 18.8 Å². The number of fused-ring (bicyclic) bond motifs is 1. The number of rotatable bonds is 5. The molecule has 5 rings (SSSR count). The first kappa shape index (κ1) is 22.7. The predicted molar refractivity (Wildman–Crippen MR) is 129 cm³/mol. The van der Waals surface area contributed by atoms with Crippen LogP contribution in [0.4, 0.5) is 10.2 Å². The van der Waals surface area contributed by atoms with Gasteiger partial charge in [-0.25, -0.2) is 14.6 Å². The second-order valence-electron chi connectivity index (χ2n) is 8.08. The summed E-state index contributed by atoms with van der Waals surface area (Å²) in [5, 5.41) is 5.66. The molecule has 11 heteroatoms. The van der Waals surface area contributed by atoms with Crippen LogP contribution in [-0.2, 0) is 4.79 Å². The Balaban J connectivity index is 1.53. The molecule has 1 amide bonds. The Kier molecular flexibility index (Phi) is 6.04. The van der Waals surface area contributed by atoms with Gasteiger partial charge in [-0.2, -0.15) is 14.5 Å². The van der Waals surface area contributed by atoms with E-state index in [0.29, 0.717) is 34.9 Å². The first-order chi connectivity index (χ1) is 16.9. The van der Waals surface area contributed by atoms with Crippen LogP contribution in [0.1, 0.15) is 18.9 Å². The number of aromatic nitrogens is 5. The number of hydrogen-bond donors (Lipinski definition) is 1. The van der Waals surface area contributed by atoms with Crippen LogP contribution in [0.25, 0.3) is 22.3 Å². The molecule has 0 spiro atoms. The molecule has 0 bridgehead atoms. The number of carbonyl (C=O) groups is 1. The second-order valence-corrected chi connectivity index (χ2v) is 8.52. The van der Waals surface area contributed by atoms with Crippen molar-refractivity contribution in [2.45, 2.75) is 18.9 Å². The maximum Gasteiger partial charge on any atom is 0.246 e. The van der Waals surface area contributed by atoms with Gasteiger partial charge in [0.1, 0.15) is 23.6 Å². The maximum absolute atomic E-state index is 15.2. The molecule has 9 nitrogen and oxygen atoms in total. The summed E-state index contributed by atoms with van der Waals surface area (Å²) in [5.41, 5.74) is 7.04. The zero-order valence-corrected chi connectivity index (χ0v) is 19.3. The first-order valence-electron chi connectivity index (χ1n) is 10.9. The van der Waals surface area contributed by atoms with E-state index in [2.05, 4.69) is 26.6 Å². The predicted octanol–water partition coefficient (Wildman–Crippen LogP) is 4.40. The zero-order chi connectivity index (χ0) is 24.5. The number of nitrogens with zero attached hydrogens (tertiary/aromatic N) is 6. The van der Waals surface area contributed by atoms with Crippen LogP contribution in [-0.4, -0.2) is 48.6 Å². The SMILES string of the molecule is C=CC(=O)N1CCCC(n2nc(-c3ccc(Oc4ccc(Cl)cc4)nc3F)c3c(N)ncnc32)C1. The minimum Gasteiger partial charge on any atom is -0.439 e. The number of anilines is 1. The number of likely N-dealkylation sites (tertiary alicyclic amines) is 1. The Morgan fingerprint density at radius 2 is 2.03 bits per heavy atom. The Hall–Kier alpha value is -4.05. The lowest BCUT2D eigenvalue weighted by atomic mass is 10.1. The van der Waals surface area contributed by atoms with Gasteiger partial charge in [-0.15, -0.1) is 0 Å². The molecule has 178 valence electrons. The Morgan fingerprint density at radius 1 is 1.23 bits per heavy atom. The van der Waals surface area contributed by atoms with Crippen molar-refractivity contribution >= 4 is 34.4 Å². The number of carbonyl (C=O) groups excluding carboxylic acids is 1. The van der Waals surface area contributed by atoms with Crippen molar-refractivity contribution < 1.29 is 13.9 Å². The van der Waals surface area contributed by atoms with E-state index in [1.165, 1.54) is 18.5 Å². The number of amides is 1. The van der Waals surface area contributed by atoms with E-state index >= 15 is 4.39 Å². The van der Waals surface area contributed by atoms with E-state index < -0.39 is 5.95 Å². The minimum absolute atomic E-state index is 0.0763. The quantitative estimate of drug-likeness (QED) is 0.324. The summed E-state index contributed by atoms with van der Waals surface area (Å²) in [6.45, 7) is 4.64. The summed E-state index contributed by atoms with van der Waals surface area (Å²) >= 11 is 5.89. The van der Waals surface area contributed by atoms with Crippen molar-refractivity contribution in [3.05, 3.63) is 66.4 Å². The van der Waals surface area contributed by atoms with Gasteiger partial charge in [0.15, 0.2) is 5.65 Å². The topological polar surface area (TPSA) is 112 Å². The number of pyridine rings is 1. The van der Waals surface area contributed by atoms with Gasteiger partial charge in [-0.05, 0) is 49.2 Å². The molecular weight excluding hydrogens is 473 g/mol. The smallest absolute Gasteiger partial charge is 0.246 e. The number of hydrogen-bond acceptors (Lipinski definition) is 7. The fourth-order valence-corrected chi connectivity index (χ4v) is 4.32. The molecule has 1 unspecified atom stereocenters. The van der Waals surface area contributed by atoms with E-state index in [4.69, 9.17) is 22.1 Å². The zero-order valence-electron chi connectivity index (χ0n) is 18.6. The summed E-state index contributed by atoms with van der Waals surface area (Å²) in [5.74, 6) is -0.206. The van der Waals surface area contributed by atoms with Crippen LogP contribution < -0.4 is 10.5 Å². The average molecular weight is 494 g/mol. The molecule has 4 heterocycles. The van der Waals surface area contributed by atoms with E-state index in [1.54, 1.807) is 39.9 Å². The highest BCUT2D eigenvalue weighted by atomic mass is 35.5. The molecule has 35 heavy (non-hydrogen) atoms. The molecule has 0 radical (unpaired) electrons. The standard InChI is InChI=1S/C24H21ClFN7O2/c1-2-19(34)32-11-3-4-15(12-32)33-24-20(23(27)28-13-29-24)21(31-33)17-9-10-18(30-22(17)26)35-16-7-5-14(25)6-8-16/h2,5-10,13,15H,1,3-4,11-12H2,(H2,27,28,29). The van der Waals surface area contributed by atoms with E-state index in [9.17, 15) is 4.79 Å². The van der Waals surface area contributed by atoms with Crippen LogP contribution in [0, 0.1) is 5.95 Å². The minimum atomic E-state index is -0.779. The maximum atomic E-state index is 15.2. The highest BCUT2D eigenvalue weighted by Crippen LogP contribution is 2.35. The molecule has 3 aromatic heterocycles. The summed E-state index contributed by atoms with van der Waals surface area (Å²) in [6, 6.07) is 9.56. The fraction of sp³-hybridized carbons (Fsp3) is 0.208. The molecule has 1 aliphatic rings. The normalized spacial score (nSPS) is 15.8. The van der Waals surface area contributed by atoms with Crippen molar-refractivity contribution in [1.82, 2.24) is 29.6 Å². The summed E-state index contributed by atoms with van der Waals surface area (Å²) in [6.07, 6.45) is 4.19. The molecule has 1 atom stereocenters. The van der Waals surface area contributed by atoms with Crippen LogP contribution in [0.3, 0.4) is 0 Å². The Bertz CT molecular complexity index is 1420. The van der Waals surface area contributed by atoms with E-state index in [0.717, 1.165) is 12.8 Å². The third-order valence-corrected chi connectivity index (χ3v) is 6.11. The summed E-state index contributed by atoms with van der Waals surface area (Å²) in [4.78, 5) is 26.3. The number of benzene rings is 1. The molecular formula is C24H21ClFN7O2. The van der Waals surface area contributed by atoms with Gasteiger partial charge in [0.2, 0.25) is 17.7 Å². The third-order valence-electron chi connectivity index (χ3n) is 5.86. The van der Waals surface area contributed by atoms with E-state index in [1.807, 2.05) is 0 Å². The van der Waals surface area contributed by atoms with Gasteiger partial charge in [0, 0.05) is 24.2 Å². The molecule has 2 N–H and O–H groups in total. The molecule has 4 aromatic rings. The monoisotopic (exact) mass is 493 g/mol. The molecule has 1 aliphatic heterocycles. The fourth-order valence-electron chi connectivity index (χ4n) is 4.20. The molecule has 1 aromatic carbocycles. The van der Waals surface area contributed by atoms with Gasteiger partial charge in [-0.3, -0.25) is 4.79 Å². The Morgan fingerprint density at radius 3 is 2.77 bits per heavy atom. The molecule has 1 saturated heterocycles. The van der Waals surface area contributed by atoms with Crippen molar-refractivity contribution in [3.8, 4) is 22.9 Å². The number of nitrogens with two attached hydrogens (primary N) is 1. The number of ether oxygens (including phenoxy) is 1. The summed E-state index contributed by atoms with van der Waals surface area (Å²) < 4.78 is 22.5. The van der Waals surface area contributed by atoms with Crippen LogP contribution in [0.2, 0.25) is 5.02 Å². The number of nitrogen functional groups attached to an aromatic ring is 1. The molecule has 0 aliphatic carbocycles. The summed E-state index contributed by atoms with van der Waals surface area (Å²) in [7, 11) is 0. The second kappa shape index (κ2) is 9.30. The largest absolute Gasteiger partial charge is 0.439 e. The van der Waals surface area contributed by atoms with Gasteiger partial charge >= 0.3 is 0 Å².